The Hall–Kier alpha value is -3.29. The van der Waals surface area contributed by atoms with Crippen LogP contribution >= 0.6 is 23.4 Å². The van der Waals surface area contributed by atoms with Crippen molar-refractivity contribution in [2.75, 3.05) is 17.6 Å². The highest BCUT2D eigenvalue weighted by Gasteiger charge is 2.31. The number of nitrogens with zero attached hydrogens (tertiary/aromatic N) is 3. The number of hydrogen-bond donors (Lipinski definition) is 2. The van der Waals surface area contributed by atoms with Gasteiger partial charge < -0.3 is 10.6 Å². The number of anilines is 1. The van der Waals surface area contributed by atoms with E-state index in [2.05, 4.69) is 28.6 Å². The van der Waals surface area contributed by atoms with E-state index < -0.39 is 0 Å². The Balaban J connectivity index is 1.49. The molecule has 1 amide bonds. The number of hydrogen-bond acceptors (Lipinski definition) is 5. The molecule has 8 heteroatoms. The Morgan fingerprint density at radius 3 is 2.89 bits per heavy atom. The summed E-state index contributed by atoms with van der Waals surface area (Å²) in [5, 5.41) is 11.9. The summed E-state index contributed by atoms with van der Waals surface area (Å²) in [6.45, 7) is 4.94. The smallest absolute Gasteiger partial charge is 0.255 e. The monoisotopic (exact) mass is 517 g/mol. The summed E-state index contributed by atoms with van der Waals surface area (Å²) >= 11 is 8.67. The van der Waals surface area contributed by atoms with E-state index in [0.29, 0.717) is 10.6 Å². The van der Waals surface area contributed by atoms with Gasteiger partial charge in [0.1, 0.15) is 11.5 Å². The number of nitrogens with one attached hydrogen (secondary N) is 2. The molecule has 1 unspecified atom stereocenters. The summed E-state index contributed by atoms with van der Waals surface area (Å²) in [6.07, 6.45) is 8.68. The van der Waals surface area contributed by atoms with Crippen LogP contribution in [0.3, 0.4) is 0 Å². The SMILES string of the molecule is CC1=C(C)C(NC(=O)c2ccc(C3SCCNc4c3c(-c3ccccn3)nn4C)c(Cl)c2)=CC=CC1. The van der Waals surface area contributed by atoms with Crippen LogP contribution in [-0.4, -0.2) is 33.0 Å². The number of benzene rings is 1. The quantitative estimate of drug-likeness (QED) is 0.425. The maximum Gasteiger partial charge on any atom is 0.255 e. The molecule has 6 nitrogen and oxygen atoms in total. The first-order chi connectivity index (χ1) is 17.4. The predicted octanol–water partition coefficient (Wildman–Crippen LogP) is 6.29. The Bertz CT molecular complexity index is 1410. The summed E-state index contributed by atoms with van der Waals surface area (Å²) in [4.78, 5) is 17.7. The fourth-order valence-electron chi connectivity index (χ4n) is 4.49. The minimum absolute atomic E-state index is 0.0483. The zero-order valence-corrected chi connectivity index (χ0v) is 22.1. The molecular weight excluding hydrogens is 490 g/mol. The first-order valence-corrected chi connectivity index (χ1v) is 13.3. The van der Waals surface area contributed by atoms with Gasteiger partial charge in [0.05, 0.1) is 10.9 Å². The normalized spacial score (nSPS) is 17.6. The van der Waals surface area contributed by atoms with Crippen molar-refractivity contribution >= 4 is 35.1 Å². The van der Waals surface area contributed by atoms with Crippen molar-refractivity contribution in [2.45, 2.75) is 25.5 Å². The van der Waals surface area contributed by atoms with E-state index in [1.54, 1.807) is 12.3 Å². The molecule has 2 aromatic heterocycles. The van der Waals surface area contributed by atoms with Crippen molar-refractivity contribution in [3.05, 3.63) is 99.4 Å². The lowest BCUT2D eigenvalue weighted by molar-refractivity contribution is 0.0966. The fourth-order valence-corrected chi connectivity index (χ4v) is 6.08. The van der Waals surface area contributed by atoms with E-state index in [9.17, 15) is 4.79 Å². The molecule has 1 atom stereocenters. The third-order valence-electron chi connectivity index (χ3n) is 6.59. The third kappa shape index (κ3) is 4.73. The number of thioether (sulfide) groups is 1. The van der Waals surface area contributed by atoms with Gasteiger partial charge >= 0.3 is 0 Å². The van der Waals surface area contributed by atoms with Gasteiger partial charge in [-0.05, 0) is 61.7 Å². The molecule has 5 rings (SSSR count). The van der Waals surface area contributed by atoms with Crippen LogP contribution in [0.25, 0.3) is 11.4 Å². The van der Waals surface area contributed by atoms with E-state index in [-0.39, 0.29) is 11.2 Å². The second-order valence-electron chi connectivity index (χ2n) is 8.94. The molecule has 1 aliphatic carbocycles. The lowest BCUT2D eigenvalue weighted by Crippen LogP contribution is -2.23. The number of fused-ring (bicyclic) bond motifs is 1. The van der Waals surface area contributed by atoms with Crippen molar-refractivity contribution < 1.29 is 4.79 Å². The van der Waals surface area contributed by atoms with Crippen LogP contribution < -0.4 is 10.6 Å². The van der Waals surface area contributed by atoms with Gasteiger partial charge in [-0.15, -0.1) is 11.8 Å². The van der Waals surface area contributed by atoms with Gasteiger partial charge in [-0.25, -0.2) is 0 Å². The number of aryl methyl sites for hydroxylation is 1. The van der Waals surface area contributed by atoms with Crippen molar-refractivity contribution in [1.29, 1.82) is 0 Å². The molecule has 36 heavy (non-hydrogen) atoms. The van der Waals surface area contributed by atoms with Crippen LogP contribution in [0, 0.1) is 0 Å². The predicted molar refractivity (Wildman–Crippen MR) is 148 cm³/mol. The largest absolute Gasteiger partial charge is 0.369 e. The maximum absolute atomic E-state index is 13.1. The van der Waals surface area contributed by atoms with Crippen LogP contribution in [0.1, 0.15) is 47.0 Å². The number of pyridine rings is 1. The van der Waals surface area contributed by atoms with E-state index in [0.717, 1.165) is 58.3 Å². The molecule has 0 fully saturated rings. The molecule has 0 bridgehead atoms. The van der Waals surface area contributed by atoms with Crippen molar-refractivity contribution in [2.24, 2.45) is 7.05 Å². The zero-order valence-electron chi connectivity index (χ0n) is 20.5. The van der Waals surface area contributed by atoms with Gasteiger partial charge in [-0.2, -0.15) is 5.10 Å². The molecule has 0 saturated heterocycles. The number of aromatic nitrogens is 3. The topological polar surface area (TPSA) is 71.8 Å². The molecular formula is C28H28ClN5OS. The van der Waals surface area contributed by atoms with Crippen molar-refractivity contribution in [3.8, 4) is 11.4 Å². The summed E-state index contributed by atoms with van der Waals surface area (Å²) < 4.78 is 1.88. The second-order valence-corrected chi connectivity index (χ2v) is 10.6. The number of halogens is 1. The molecule has 184 valence electrons. The zero-order chi connectivity index (χ0) is 25.2. The Morgan fingerprint density at radius 2 is 2.11 bits per heavy atom. The average Bonchev–Trinajstić information content (AvgIpc) is 3.00. The number of carbonyl (C=O) groups excluding carboxylic acids is 1. The van der Waals surface area contributed by atoms with Crippen molar-refractivity contribution in [1.82, 2.24) is 20.1 Å². The standard InChI is InChI=1S/C28H28ClN5OS/c1-17-8-4-5-9-22(18(17)2)32-28(35)19-11-12-20(21(29)16-19)26-24-25(23-10-6-7-13-30-23)33-34(3)27(24)31-14-15-36-26/h4-7,9-13,16,26,31H,8,14-15H2,1-3H3,(H,32,35). The van der Waals surface area contributed by atoms with Gasteiger partial charge in [-0.3, -0.25) is 14.5 Å². The lowest BCUT2D eigenvalue weighted by atomic mass is 10.00. The number of amides is 1. The van der Waals surface area contributed by atoms with E-state index >= 15 is 0 Å². The van der Waals surface area contributed by atoms with Gasteiger partial charge in [0.15, 0.2) is 0 Å². The summed E-state index contributed by atoms with van der Waals surface area (Å²) in [5.41, 5.74) is 7.34. The second kappa shape index (κ2) is 10.4. The van der Waals surface area contributed by atoms with E-state index in [4.69, 9.17) is 16.7 Å². The van der Waals surface area contributed by atoms with Crippen molar-refractivity contribution in [3.63, 3.8) is 0 Å². The van der Waals surface area contributed by atoms with Crippen LogP contribution in [0.5, 0.6) is 0 Å². The van der Waals surface area contributed by atoms with Gasteiger partial charge in [0.2, 0.25) is 0 Å². The molecule has 3 aromatic rings. The first kappa shape index (κ1) is 24.4. The minimum Gasteiger partial charge on any atom is -0.369 e. The summed E-state index contributed by atoms with van der Waals surface area (Å²) in [6, 6.07) is 11.4. The molecule has 2 aliphatic rings. The van der Waals surface area contributed by atoms with Gasteiger partial charge in [0, 0.05) is 47.4 Å². The molecule has 0 spiro atoms. The average molecular weight is 518 g/mol. The third-order valence-corrected chi connectivity index (χ3v) is 8.18. The Morgan fingerprint density at radius 1 is 1.25 bits per heavy atom. The van der Waals surface area contributed by atoms with Gasteiger partial charge in [-0.1, -0.05) is 41.5 Å². The fraction of sp³-hybridized carbons (Fsp3) is 0.250. The van der Waals surface area contributed by atoms with Crippen LogP contribution in [0.4, 0.5) is 5.82 Å². The van der Waals surface area contributed by atoms with Crippen LogP contribution in [-0.2, 0) is 7.05 Å². The molecule has 1 aliphatic heterocycles. The van der Waals surface area contributed by atoms with E-state index in [1.807, 2.05) is 72.9 Å². The number of carbonyl (C=O) groups is 1. The molecule has 0 saturated carbocycles. The minimum atomic E-state index is -0.177. The molecule has 0 radical (unpaired) electrons. The highest BCUT2D eigenvalue weighted by molar-refractivity contribution is 7.99. The van der Waals surface area contributed by atoms with E-state index in [1.165, 1.54) is 5.57 Å². The lowest BCUT2D eigenvalue weighted by Gasteiger charge is -2.18. The summed E-state index contributed by atoms with van der Waals surface area (Å²) in [5.74, 6) is 1.70. The van der Waals surface area contributed by atoms with Gasteiger partial charge in [0.25, 0.3) is 5.91 Å². The number of rotatable bonds is 4. The van der Waals surface area contributed by atoms with Crippen LogP contribution in [0.15, 0.2) is 77.7 Å². The maximum atomic E-state index is 13.1. The van der Waals surface area contributed by atoms with Crippen LogP contribution in [0.2, 0.25) is 5.02 Å². The molecule has 3 heterocycles. The number of allylic oxidation sites excluding steroid dienone is 5. The summed E-state index contributed by atoms with van der Waals surface area (Å²) in [7, 11) is 1.94. The molecule has 2 N–H and O–H groups in total. The Labute approximate surface area is 220 Å². The highest BCUT2D eigenvalue weighted by atomic mass is 35.5. The molecule has 1 aromatic carbocycles. The Kier molecular flexibility index (Phi) is 7.03. The highest BCUT2D eigenvalue weighted by Crippen LogP contribution is 2.47. The first-order valence-electron chi connectivity index (χ1n) is 11.9.